The molecule has 174 valence electrons. The number of rotatable bonds is 6. The van der Waals surface area contributed by atoms with E-state index in [4.69, 9.17) is 0 Å². The van der Waals surface area contributed by atoms with Crippen LogP contribution in [0.5, 0.6) is 0 Å². The smallest absolute Gasteiger partial charge is 0.126 e. The third kappa shape index (κ3) is 4.80. The summed E-state index contributed by atoms with van der Waals surface area (Å²) in [5.74, 6) is 0.596. The second-order valence-electron chi connectivity index (χ2n) is 9.42. The molecule has 0 saturated carbocycles. The monoisotopic (exact) mass is 454 g/mol. The van der Waals surface area contributed by atoms with Gasteiger partial charge in [-0.15, -0.1) is 0 Å². The molecule has 0 unspecified atom stereocenters. The van der Waals surface area contributed by atoms with E-state index >= 15 is 0 Å². The van der Waals surface area contributed by atoms with Crippen molar-refractivity contribution >= 4 is 16.6 Å². The number of likely N-dealkylation sites (tertiary alicyclic amines) is 1. The Kier molecular flexibility index (Phi) is 6.54. The molecule has 0 spiro atoms. The number of nitrogens with zero attached hydrogens (tertiary/aromatic N) is 3. The second-order valence-corrected chi connectivity index (χ2v) is 9.42. The van der Waals surface area contributed by atoms with E-state index in [1.807, 2.05) is 18.3 Å². The van der Waals surface area contributed by atoms with E-state index in [0.29, 0.717) is 5.56 Å². The molecule has 4 nitrogen and oxygen atoms in total. The number of hydrogen-bond acceptors (Lipinski definition) is 4. The molecule has 0 amide bonds. The fraction of sp³-hybridized carbons (Fsp3) is 0.310. The summed E-state index contributed by atoms with van der Waals surface area (Å²) in [7, 11) is 2.21. The number of benzene rings is 2. The molecular weight excluding hydrogens is 423 g/mol. The van der Waals surface area contributed by atoms with Crippen LogP contribution in [0, 0.1) is 18.7 Å². The highest BCUT2D eigenvalue weighted by Crippen LogP contribution is 2.34. The maximum Gasteiger partial charge on any atom is 0.126 e. The van der Waals surface area contributed by atoms with Gasteiger partial charge in [0.05, 0.1) is 11.2 Å². The van der Waals surface area contributed by atoms with Gasteiger partial charge in [-0.2, -0.15) is 0 Å². The van der Waals surface area contributed by atoms with Crippen molar-refractivity contribution in [2.24, 2.45) is 5.92 Å². The lowest BCUT2D eigenvalue weighted by molar-refractivity contribution is 0.215. The number of pyridine rings is 2. The van der Waals surface area contributed by atoms with Gasteiger partial charge >= 0.3 is 0 Å². The van der Waals surface area contributed by atoms with Gasteiger partial charge in [-0.1, -0.05) is 12.1 Å². The lowest BCUT2D eigenvalue weighted by Gasteiger charge is -2.29. The summed E-state index contributed by atoms with van der Waals surface area (Å²) in [6, 6.07) is 17.6. The molecule has 2 aromatic heterocycles. The van der Waals surface area contributed by atoms with Crippen molar-refractivity contribution in [1.29, 1.82) is 0 Å². The van der Waals surface area contributed by atoms with Crippen LogP contribution >= 0.6 is 0 Å². The first-order chi connectivity index (χ1) is 16.6. The molecule has 5 heteroatoms. The van der Waals surface area contributed by atoms with E-state index < -0.39 is 0 Å². The number of aryl methyl sites for hydroxylation is 1. The summed E-state index contributed by atoms with van der Waals surface area (Å²) in [4.78, 5) is 11.6. The third-order valence-electron chi connectivity index (χ3n) is 7.00. The molecule has 5 rings (SSSR count). The Labute approximate surface area is 200 Å². The van der Waals surface area contributed by atoms with Gasteiger partial charge in [0, 0.05) is 41.1 Å². The minimum Gasteiger partial charge on any atom is -0.384 e. The highest BCUT2D eigenvalue weighted by Gasteiger charge is 2.16. The predicted octanol–water partition coefficient (Wildman–Crippen LogP) is 6.56. The standard InChI is InChI=1S/C29H31FN4/c1-20-18-23(5-7-26(20)30)29-24(4-3-13-33-29)22-6-8-27-25(19-22)28(10-15-32-27)31-14-9-21-11-16-34(2)17-12-21/h3-8,10,13,15,18-19,21H,9,11-12,14,16-17H2,1-2H3,(H,31,32). The summed E-state index contributed by atoms with van der Waals surface area (Å²) >= 11 is 0. The fourth-order valence-corrected chi connectivity index (χ4v) is 4.89. The highest BCUT2D eigenvalue weighted by molar-refractivity contribution is 5.95. The van der Waals surface area contributed by atoms with Crippen LogP contribution in [0.1, 0.15) is 24.8 Å². The molecule has 1 aliphatic heterocycles. The first-order valence-electron chi connectivity index (χ1n) is 12.1. The number of aromatic nitrogens is 2. The second kappa shape index (κ2) is 9.90. The normalized spacial score (nSPS) is 15.0. The van der Waals surface area contributed by atoms with E-state index in [-0.39, 0.29) is 5.82 Å². The van der Waals surface area contributed by atoms with Gasteiger partial charge in [0.1, 0.15) is 5.82 Å². The number of fused-ring (bicyclic) bond motifs is 1. The fourth-order valence-electron chi connectivity index (χ4n) is 4.89. The van der Waals surface area contributed by atoms with Gasteiger partial charge in [-0.25, -0.2) is 4.39 Å². The Morgan fingerprint density at radius 2 is 1.79 bits per heavy atom. The Morgan fingerprint density at radius 1 is 0.971 bits per heavy atom. The van der Waals surface area contributed by atoms with Gasteiger partial charge in [-0.3, -0.25) is 9.97 Å². The third-order valence-corrected chi connectivity index (χ3v) is 7.00. The van der Waals surface area contributed by atoms with Gasteiger partial charge in [0.15, 0.2) is 0 Å². The Morgan fingerprint density at radius 3 is 2.62 bits per heavy atom. The van der Waals surface area contributed by atoms with Crippen LogP contribution in [0.4, 0.5) is 10.1 Å². The molecule has 34 heavy (non-hydrogen) atoms. The summed E-state index contributed by atoms with van der Waals surface area (Å²) < 4.78 is 13.9. The van der Waals surface area contributed by atoms with Crippen LogP contribution in [0.3, 0.4) is 0 Å². The van der Waals surface area contributed by atoms with Crippen LogP contribution in [-0.4, -0.2) is 41.5 Å². The molecule has 0 aliphatic carbocycles. The zero-order valence-electron chi connectivity index (χ0n) is 19.9. The minimum atomic E-state index is -0.200. The number of halogens is 1. The van der Waals surface area contributed by atoms with Crippen LogP contribution in [0.25, 0.3) is 33.3 Å². The molecule has 3 heterocycles. The number of piperidine rings is 1. The quantitative estimate of drug-likeness (QED) is 0.358. The average Bonchev–Trinajstić information content (AvgIpc) is 2.87. The van der Waals surface area contributed by atoms with Gasteiger partial charge in [-0.05, 0) is 106 Å². The molecule has 0 atom stereocenters. The molecule has 1 aliphatic rings. The van der Waals surface area contributed by atoms with Crippen molar-refractivity contribution in [1.82, 2.24) is 14.9 Å². The molecule has 1 fully saturated rings. The van der Waals surface area contributed by atoms with Crippen molar-refractivity contribution in [3.63, 3.8) is 0 Å². The molecular formula is C29H31FN4. The van der Waals surface area contributed by atoms with Crippen LogP contribution < -0.4 is 5.32 Å². The maximum atomic E-state index is 13.9. The molecule has 4 aromatic rings. The first kappa shape index (κ1) is 22.5. The zero-order valence-corrected chi connectivity index (χ0v) is 19.9. The van der Waals surface area contributed by atoms with E-state index in [1.165, 1.54) is 38.4 Å². The maximum absolute atomic E-state index is 13.9. The number of hydrogen-bond donors (Lipinski definition) is 1. The van der Waals surface area contributed by atoms with Gasteiger partial charge < -0.3 is 10.2 Å². The largest absolute Gasteiger partial charge is 0.384 e. The minimum absolute atomic E-state index is 0.200. The lowest BCUT2D eigenvalue weighted by Crippen LogP contribution is -2.30. The zero-order chi connectivity index (χ0) is 23.5. The van der Waals surface area contributed by atoms with Crippen molar-refractivity contribution < 1.29 is 4.39 Å². The molecule has 0 bridgehead atoms. The predicted molar refractivity (Wildman–Crippen MR) is 138 cm³/mol. The number of anilines is 1. The Balaban J connectivity index is 1.43. The van der Waals surface area contributed by atoms with Crippen molar-refractivity contribution in [2.45, 2.75) is 26.2 Å². The SMILES string of the molecule is Cc1cc(-c2ncccc2-c2ccc3nccc(NCCC4CCN(C)CC4)c3c2)ccc1F. The topological polar surface area (TPSA) is 41.1 Å². The average molecular weight is 455 g/mol. The van der Waals surface area contributed by atoms with E-state index in [0.717, 1.165) is 51.4 Å². The van der Waals surface area contributed by atoms with Gasteiger partial charge in [0.25, 0.3) is 0 Å². The molecule has 1 N–H and O–H groups in total. The van der Waals surface area contributed by atoms with Crippen molar-refractivity contribution in [3.05, 3.63) is 78.4 Å². The first-order valence-corrected chi connectivity index (χ1v) is 12.1. The summed E-state index contributed by atoms with van der Waals surface area (Å²) in [6.07, 6.45) is 7.42. The van der Waals surface area contributed by atoms with Crippen LogP contribution in [0.15, 0.2) is 67.0 Å². The molecule has 1 saturated heterocycles. The summed E-state index contributed by atoms with van der Waals surface area (Å²) in [5.41, 5.74) is 6.57. The highest BCUT2D eigenvalue weighted by atomic mass is 19.1. The van der Waals surface area contributed by atoms with Crippen molar-refractivity contribution in [2.75, 3.05) is 32.0 Å². The Hall–Kier alpha value is -3.31. The Bertz CT molecular complexity index is 1290. The van der Waals surface area contributed by atoms with E-state index in [1.54, 1.807) is 19.2 Å². The number of nitrogens with one attached hydrogen (secondary N) is 1. The van der Waals surface area contributed by atoms with Gasteiger partial charge in [0.2, 0.25) is 0 Å². The van der Waals surface area contributed by atoms with Crippen molar-refractivity contribution in [3.8, 4) is 22.4 Å². The molecule has 2 aromatic carbocycles. The van der Waals surface area contributed by atoms with Crippen LogP contribution in [0.2, 0.25) is 0 Å². The van der Waals surface area contributed by atoms with E-state index in [2.05, 4.69) is 57.6 Å². The van der Waals surface area contributed by atoms with E-state index in [9.17, 15) is 4.39 Å². The summed E-state index contributed by atoms with van der Waals surface area (Å²) in [5, 5.41) is 4.78. The van der Waals surface area contributed by atoms with Crippen LogP contribution in [-0.2, 0) is 0 Å². The molecule has 0 radical (unpaired) electrons. The lowest BCUT2D eigenvalue weighted by atomic mass is 9.94. The summed E-state index contributed by atoms with van der Waals surface area (Å²) in [6.45, 7) is 5.15.